The van der Waals surface area contributed by atoms with E-state index < -0.39 is 41.8 Å². The molecule has 1 fully saturated rings. The van der Waals surface area contributed by atoms with E-state index in [4.69, 9.17) is 10.5 Å². The molecule has 1 aliphatic heterocycles. The number of hydrogen-bond acceptors (Lipinski definition) is 6. The summed E-state index contributed by atoms with van der Waals surface area (Å²) >= 11 is 0. The molecule has 3 atom stereocenters. The van der Waals surface area contributed by atoms with Crippen molar-refractivity contribution in [3.8, 4) is 17.4 Å². The van der Waals surface area contributed by atoms with E-state index in [0.717, 1.165) is 17.0 Å². The number of amides is 1. The van der Waals surface area contributed by atoms with Crippen LogP contribution in [0.25, 0.3) is 0 Å². The second-order valence-electron chi connectivity index (χ2n) is 6.48. The molecule has 3 unspecified atom stereocenters. The van der Waals surface area contributed by atoms with E-state index in [1.54, 1.807) is 0 Å². The predicted octanol–water partition coefficient (Wildman–Crippen LogP) is 2.69. The van der Waals surface area contributed by atoms with Crippen molar-refractivity contribution in [3.63, 3.8) is 0 Å². The summed E-state index contributed by atoms with van der Waals surface area (Å²) in [7, 11) is 0. The van der Waals surface area contributed by atoms with E-state index in [2.05, 4.69) is 4.98 Å². The van der Waals surface area contributed by atoms with Gasteiger partial charge in [0.25, 0.3) is 0 Å². The zero-order valence-corrected chi connectivity index (χ0v) is 16.0. The Kier molecular flexibility index (Phi) is 7.11. The van der Waals surface area contributed by atoms with Crippen LogP contribution in [0, 0.1) is 0 Å². The van der Waals surface area contributed by atoms with Crippen LogP contribution in [0.5, 0.6) is 17.4 Å². The van der Waals surface area contributed by atoms with Crippen molar-refractivity contribution >= 4 is 18.8 Å². The van der Waals surface area contributed by atoms with E-state index in [1.165, 1.54) is 18.2 Å². The van der Waals surface area contributed by atoms with E-state index >= 15 is 0 Å². The van der Waals surface area contributed by atoms with Crippen molar-refractivity contribution in [1.82, 2.24) is 9.88 Å². The molecule has 0 saturated carbocycles. The number of carbonyl (C=O) groups excluding carboxylic acids is 1. The molecule has 1 aromatic carbocycles. The second kappa shape index (κ2) is 9.02. The summed E-state index contributed by atoms with van der Waals surface area (Å²) in [5.41, 5.74) is 4.53. The van der Waals surface area contributed by atoms with Crippen LogP contribution in [0.2, 0.25) is 0 Å². The highest BCUT2D eigenvalue weighted by atomic mass is 35.5. The Bertz CT molecular complexity index is 915. The number of halogens is 5. The highest BCUT2D eigenvalue weighted by molar-refractivity contribution is 5.85. The minimum absolute atomic E-state index is 0. The smallest absolute Gasteiger partial charge is 0.433 e. The molecule has 7 nitrogen and oxygen atoms in total. The molecule has 4 N–H and O–H groups in total. The number of phenols is 1. The first-order chi connectivity index (χ1) is 13.6. The van der Waals surface area contributed by atoms with Gasteiger partial charge in [0.2, 0.25) is 12.3 Å². The maximum atomic E-state index is 13.8. The fourth-order valence-electron chi connectivity index (χ4n) is 3.10. The zero-order valence-electron chi connectivity index (χ0n) is 15.2. The maximum Gasteiger partial charge on any atom is 0.433 e. The number of aliphatic hydroxyl groups excluding tert-OH is 1. The molecule has 0 radical (unpaired) electrons. The molecule has 2 heterocycles. The number of alkyl halides is 4. The Morgan fingerprint density at radius 1 is 1.30 bits per heavy atom. The SMILES string of the molecule is Cl.NCc1cc(Oc2cc(C3C(O)C(F)CN3C=O)ccc2O)nc(C(F)(F)F)c1. The Labute approximate surface area is 174 Å². The van der Waals surface area contributed by atoms with Gasteiger partial charge in [0.15, 0.2) is 11.5 Å². The summed E-state index contributed by atoms with van der Waals surface area (Å²) in [4.78, 5) is 15.6. The lowest BCUT2D eigenvalue weighted by atomic mass is 10.0. The van der Waals surface area contributed by atoms with Gasteiger partial charge in [-0.1, -0.05) is 6.07 Å². The third-order valence-electron chi connectivity index (χ3n) is 4.50. The van der Waals surface area contributed by atoms with Crippen molar-refractivity contribution in [3.05, 3.63) is 47.2 Å². The third-order valence-corrected chi connectivity index (χ3v) is 4.50. The zero-order chi connectivity index (χ0) is 21.3. The maximum absolute atomic E-state index is 13.8. The first-order valence-electron chi connectivity index (χ1n) is 8.46. The van der Waals surface area contributed by atoms with Crippen LogP contribution in [-0.2, 0) is 17.5 Å². The molecule has 1 saturated heterocycles. The van der Waals surface area contributed by atoms with Gasteiger partial charge >= 0.3 is 6.18 Å². The highest BCUT2D eigenvalue weighted by Crippen LogP contribution is 2.39. The Morgan fingerprint density at radius 3 is 2.60 bits per heavy atom. The molecule has 30 heavy (non-hydrogen) atoms. The van der Waals surface area contributed by atoms with E-state index in [9.17, 15) is 32.6 Å². The normalized spacial score (nSPS) is 21.3. The van der Waals surface area contributed by atoms with Gasteiger partial charge < -0.3 is 25.6 Å². The lowest BCUT2D eigenvalue weighted by molar-refractivity contribution is -0.141. The number of aromatic nitrogens is 1. The molecule has 0 aliphatic carbocycles. The van der Waals surface area contributed by atoms with Gasteiger partial charge in [-0.3, -0.25) is 4.79 Å². The lowest BCUT2D eigenvalue weighted by Crippen LogP contribution is -2.26. The van der Waals surface area contributed by atoms with Crippen LogP contribution >= 0.6 is 12.4 Å². The number of ether oxygens (including phenoxy) is 1. The van der Waals surface area contributed by atoms with Crippen LogP contribution in [0.15, 0.2) is 30.3 Å². The van der Waals surface area contributed by atoms with E-state index in [-0.39, 0.29) is 42.4 Å². The first-order valence-corrected chi connectivity index (χ1v) is 8.46. The summed E-state index contributed by atoms with van der Waals surface area (Å²) in [5, 5.41) is 20.0. The second-order valence-corrected chi connectivity index (χ2v) is 6.48. The van der Waals surface area contributed by atoms with Gasteiger partial charge in [-0.2, -0.15) is 13.2 Å². The van der Waals surface area contributed by atoms with Gasteiger partial charge in [0.05, 0.1) is 12.6 Å². The molecule has 0 spiro atoms. The molecule has 0 bridgehead atoms. The van der Waals surface area contributed by atoms with Crippen molar-refractivity contribution in [1.29, 1.82) is 0 Å². The number of phenolic OH excluding ortho intramolecular Hbond substituents is 1. The van der Waals surface area contributed by atoms with Crippen molar-refractivity contribution in [2.75, 3.05) is 6.54 Å². The molecule has 164 valence electrons. The minimum atomic E-state index is -4.73. The van der Waals surface area contributed by atoms with Crippen LogP contribution in [0.4, 0.5) is 17.6 Å². The molecule has 12 heteroatoms. The molecule has 3 rings (SSSR count). The summed E-state index contributed by atoms with van der Waals surface area (Å²) in [5.74, 6) is -1.17. The average molecular weight is 452 g/mol. The van der Waals surface area contributed by atoms with Gasteiger partial charge in [0, 0.05) is 12.6 Å². The molecule has 1 amide bonds. The molecular formula is C18H18ClF4N3O4. The number of nitrogens with two attached hydrogens (primary N) is 1. The number of pyridine rings is 1. The third kappa shape index (κ3) is 4.74. The molecule has 1 aromatic heterocycles. The van der Waals surface area contributed by atoms with Crippen LogP contribution < -0.4 is 10.5 Å². The number of benzene rings is 1. The minimum Gasteiger partial charge on any atom is -0.504 e. The number of hydrogen-bond donors (Lipinski definition) is 3. The monoisotopic (exact) mass is 451 g/mol. The van der Waals surface area contributed by atoms with Crippen LogP contribution in [-0.4, -0.2) is 45.3 Å². The van der Waals surface area contributed by atoms with Crippen molar-refractivity contribution < 1.29 is 37.3 Å². The van der Waals surface area contributed by atoms with Gasteiger partial charge in [-0.05, 0) is 29.3 Å². The summed E-state index contributed by atoms with van der Waals surface area (Å²) in [6, 6.07) is 4.61. The molecule has 2 aromatic rings. The number of nitrogens with zero attached hydrogens (tertiary/aromatic N) is 2. The number of aliphatic hydroxyl groups is 1. The fraction of sp³-hybridized carbons (Fsp3) is 0.333. The first kappa shape index (κ1) is 23.6. The predicted molar refractivity (Wildman–Crippen MR) is 99.0 cm³/mol. The average Bonchev–Trinajstić information content (AvgIpc) is 2.96. The summed E-state index contributed by atoms with van der Waals surface area (Å²) in [6.45, 7) is -0.518. The number of aromatic hydroxyl groups is 1. The summed E-state index contributed by atoms with van der Waals surface area (Å²) < 4.78 is 58.2. The Balaban J connectivity index is 0.00000320. The van der Waals surface area contributed by atoms with Gasteiger partial charge in [-0.15, -0.1) is 12.4 Å². The number of carbonyl (C=O) groups is 1. The van der Waals surface area contributed by atoms with Crippen LogP contribution in [0.1, 0.15) is 22.9 Å². The quantitative estimate of drug-likeness (QED) is 0.476. The lowest BCUT2D eigenvalue weighted by Gasteiger charge is -2.23. The van der Waals surface area contributed by atoms with Gasteiger partial charge in [0.1, 0.15) is 18.0 Å². The van der Waals surface area contributed by atoms with Gasteiger partial charge in [-0.25, -0.2) is 9.37 Å². The Morgan fingerprint density at radius 2 is 2.00 bits per heavy atom. The van der Waals surface area contributed by atoms with E-state index in [0.29, 0.717) is 6.41 Å². The standard InChI is InChI=1S/C18H17F4N3O4.ClH/c19-11-7-25(8-26)16(17(11)28)10-1-2-12(27)13(5-10)29-15-4-9(6-23)3-14(24-15)18(20,21)22;/h1-5,8,11,16-17,27-28H,6-7,23H2;1H. The van der Waals surface area contributed by atoms with Crippen molar-refractivity contribution in [2.24, 2.45) is 5.73 Å². The number of likely N-dealkylation sites (tertiary alicyclic amines) is 1. The van der Waals surface area contributed by atoms with Crippen LogP contribution in [0.3, 0.4) is 0 Å². The highest BCUT2D eigenvalue weighted by Gasteiger charge is 2.41. The number of rotatable bonds is 5. The molecular weight excluding hydrogens is 434 g/mol. The summed E-state index contributed by atoms with van der Waals surface area (Å²) in [6.07, 6.45) is -7.53. The molecule has 1 aliphatic rings. The van der Waals surface area contributed by atoms with E-state index in [1.807, 2.05) is 0 Å². The largest absolute Gasteiger partial charge is 0.504 e. The fourth-order valence-corrected chi connectivity index (χ4v) is 3.10. The topological polar surface area (TPSA) is 109 Å². The Hall–Kier alpha value is -2.63. The van der Waals surface area contributed by atoms with Crippen molar-refractivity contribution in [2.45, 2.75) is 31.0 Å².